The van der Waals surface area contributed by atoms with Gasteiger partial charge in [0.25, 0.3) is 0 Å². The monoisotopic (exact) mass is 528 g/mol. The molecule has 1 amide bonds. The first kappa shape index (κ1) is 23.6. The molecule has 0 saturated heterocycles. The molecular weight excluding hydrogens is 504 g/mol. The zero-order chi connectivity index (χ0) is 25.2. The number of hydrogen-bond donors (Lipinski definition) is 2. The minimum absolute atomic E-state index is 0.0331. The fourth-order valence-corrected chi connectivity index (χ4v) is 7.41. The lowest BCUT2D eigenvalue weighted by Gasteiger charge is -2.55. The topological polar surface area (TPSA) is 140 Å². The van der Waals surface area contributed by atoms with Crippen LogP contribution in [0.1, 0.15) is 43.1 Å². The van der Waals surface area contributed by atoms with Gasteiger partial charge in [0.2, 0.25) is 17.7 Å². The van der Waals surface area contributed by atoms with Crippen LogP contribution in [0.2, 0.25) is 5.02 Å². The molecule has 3 aliphatic rings. The molecule has 3 N–H and O–H groups in total. The fourth-order valence-electron chi connectivity index (χ4n) is 5.73. The fraction of sp³-hybridized carbons (Fsp3) is 0.400. The predicted octanol–water partition coefficient (Wildman–Crippen LogP) is 3.06. The number of halogens is 1. The Bertz CT molecular complexity index is 1440. The zero-order valence-corrected chi connectivity index (χ0v) is 20.9. The molecule has 1 atom stereocenters. The minimum Gasteiger partial charge on any atom is -0.420 e. The average Bonchev–Trinajstić information content (AvgIpc) is 3.26. The highest BCUT2D eigenvalue weighted by Gasteiger charge is 2.54. The van der Waals surface area contributed by atoms with Gasteiger partial charge in [-0.2, -0.15) is 0 Å². The Morgan fingerprint density at radius 3 is 2.53 bits per heavy atom. The molecule has 1 aromatic heterocycles. The number of carbonyl (C=O) groups is 1. The number of hydrogen-bond acceptors (Lipinski definition) is 8. The third kappa shape index (κ3) is 4.02. The third-order valence-corrected chi connectivity index (χ3v) is 9.62. The van der Waals surface area contributed by atoms with Gasteiger partial charge in [-0.25, -0.2) is 8.42 Å². The number of sulfone groups is 1. The molecule has 2 heterocycles. The molecule has 0 radical (unpaired) electrons. The van der Waals surface area contributed by atoms with E-state index in [0.29, 0.717) is 16.5 Å². The molecule has 11 heteroatoms. The summed E-state index contributed by atoms with van der Waals surface area (Å²) in [6, 6.07) is 10.5. The lowest BCUT2D eigenvalue weighted by Crippen LogP contribution is -2.49. The van der Waals surface area contributed by atoms with Crippen molar-refractivity contribution in [3.05, 3.63) is 58.9 Å². The van der Waals surface area contributed by atoms with Gasteiger partial charge in [-0.05, 0) is 67.0 Å². The summed E-state index contributed by atoms with van der Waals surface area (Å²) in [7, 11) is -3.80. The van der Waals surface area contributed by atoms with Gasteiger partial charge in [-0.15, -0.1) is 10.2 Å². The molecule has 6 rings (SSSR count). The molecular formula is C25H25ClN4O5S. The largest absolute Gasteiger partial charge is 0.420 e. The smallest absolute Gasteiger partial charge is 0.247 e. The number of nitrogens with two attached hydrogens (primary N) is 1. The summed E-state index contributed by atoms with van der Waals surface area (Å²) < 4.78 is 32.1. The SMILES string of the molecule is N[C@H]1CS(=O)(=O)c2ccc(-c3nnc(C4CC5(CC(O)C5)C4)o3)cc2N(Cc2ccc(Cl)cc2)C1=O. The van der Waals surface area contributed by atoms with Crippen molar-refractivity contribution in [2.24, 2.45) is 11.1 Å². The van der Waals surface area contributed by atoms with Crippen LogP contribution in [-0.2, 0) is 21.2 Å². The maximum absolute atomic E-state index is 13.2. The van der Waals surface area contributed by atoms with E-state index >= 15 is 0 Å². The maximum Gasteiger partial charge on any atom is 0.247 e. The quantitative estimate of drug-likeness (QED) is 0.526. The van der Waals surface area contributed by atoms with E-state index < -0.39 is 27.5 Å². The van der Waals surface area contributed by atoms with Gasteiger partial charge in [-0.1, -0.05) is 23.7 Å². The van der Waals surface area contributed by atoms with Crippen molar-refractivity contribution in [1.82, 2.24) is 10.2 Å². The highest BCUT2D eigenvalue weighted by molar-refractivity contribution is 7.91. The van der Waals surface area contributed by atoms with E-state index in [-0.39, 0.29) is 40.5 Å². The molecule has 0 unspecified atom stereocenters. The van der Waals surface area contributed by atoms with Gasteiger partial charge < -0.3 is 20.2 Å². The molecule has 3 aromatic rings. The van der Waals surface area contributed by atoms with Gasteiger partial charge in [0.15, 0.2) is 9.84 Å². The van der Waals surface area contributed by atoms with E-state index in [4.69, 9.17) is 21.8 Å². The molecule has 1 spiro atoms. The van der Waals surface area contributed by atoms with Crippen molar-refractivity contribution < 1.29 is 22.7 Å². The van der Waals surface area contributed by atoms with Crippen LogP contribution >= 0.6 is 11.6 Å². The van der Waals surface area contributed by atoms with Crippen molar-refractivity contribution in [3.63, 3.8) is 0 Å². The molecule has 2 aliphatic carbocycles. The summed E-state index contributed by atoms with van der Waals surface area (Å²) >= 11 is 6.00. The molecule has 1 aliphatic heterocycles. The Kier molecular flexibility index (Phi) is 5.49. The highest BCUT2D eigenvalue weighted by atomic mass is 35.5. The van der Waals surface area contributed by atoms with Crippen molar-refractivity contribution >= 4 is 33.0 Å². The van der Waals surface area contributed by atoms with E-state index in [1.165, 1.54) is 11.0 Å². The second kappa shape index (κ2) is 8.37. The summed E-state index contributed by atoms with van der Waals surface area (Å²) in [5.41, 5.74) is 7.73. The summed E-state index contributed by atoms with van der Waals surface area (Å²) in [4.78, 5) is 14.6. The number of rotatable bonds is 4. The Morgan fingerprint density at radius 1 is 1.11 bits per heavy atom. The first-order valence-corrected chi connectivity index (χ1v) is 13.9. The Labute approximate surface area is 213 Å². The normalized spacial score (nSPS) is 28.8. The van der Waals surface area contributed by atoms with Crippen LogP contribution in [-0.4, -0.2) is 47.5 Å². The number of carbonyl (C=O) groups excluding carboxylic acids is 1. The summed E-state index contributed by atoms with van der Waals surface area (Å²) in [5.74, 6) is -0.0139. The van der Waals surface area contributed by atoms with Crippen molar-refractivity contribution in [3.8, 4) is 11.5 Å². The summed E-state index contributed by atoms with van der Waals surface area (Å²) in [6.07, 6.45) is 3.27. The van der Waals surface area contributed by atoms with Gasteiger partial charge in [0.1, 0.15) is 0 Å². The van der Waals surface area contributed by atoms with Crippen LogP contribution in [0.4, 0.5) is 5.69 Å². The molecule has 9 nitrogen and oxygen atoms in total. The summed E-state index contributed by atoms with van der Waals surface area (Å²) in [5, 5.41) is 18.6. The third-order valence-electron chi connectivity index (χ3n) is 7.55. The summed E-state index contributed by atoms with van der Waals surface area (Å²) in [6.45, 7) is 0.126. The van der Waals surface area contributed by atoms with Crippen molar-refractivity contribution in [2.75, 3.05) is 10.7 Å². The van der Waals surface area contributed by atoms with E-state index in [0.717, 1.165) is 31.2 Å². The zero-order valence-electron chi connectivity index (χ0n) is 19.3. The van der Waals surface area contributed by atoms with Crippen LogP contribution in [0.15, 0.2) is 51.8 Å². The molecule has 188 valence electrons. The first-order valence-electron chi connectivity index (χ1n) is 11.8. The number of nitrogens with zero attached hydrogens (tertiary/aromatic N) is 3. The average molecular weight is 529 g/mol. The molecule has 0 bridgehead atoms. The number of anilines is 1. The van der Waals surface area contributed by atoms with Gasteiger partial charge in [0, 0.05) is 16.5 Å². The van der Waals surface area contributed by atoms with E-state index in [1.807, 2.05) is 0 Å². The Morgan fingerprint density at radius 2 is 1.83 bits per heavy atom. The van der Waals surface area contributed by atoms with Crippen LogP contribution in [0, 0.1) is 5.41 Å². The Balaban J connectivity index is 1.34. The van der Waals surface area contributed by atoms with Crippen LogP contribution in [0.5, 0.6) is 0 Å². The molecule has 2 fully saturated rings. The number of aliphatic hydroxyl groups is 1. The number of aliphatic hydroxyl groups excluding tert-OH is 1. The predicted molar refractivity (Wildman–Crippen MR) is 132 cm³/mol. The number of fused-ring (bicyclic) bond motifs is 1. The van der Waals surface area contributed by atoms with Crippen LogP contribution in [0.25, 0.3) is 11.5 Å². The second-order valence-electron chi connectivity index (χ2n) is 10.2. The van der Waals surface area contributed by atoms with E-state index in [1.54, 1.807) is 36.4 Å². The lowest BCUT2D eigenvalue weighted by molar-refractivity contribution is -0.119. The highest BCUT2D eigenvalue weighted by Crippen LogP contribution is 2.61. The minimum atomic E-state index is -3.80. The maximum atomic E-state index is 13.2. The Hall–Kier alpha value is -2.79. The van der Waals surface area contributed by atoms with Gasteiger partial charge in [0.05, 0.1) is 35.0 Å². The number of amides is 1. The second-order valence-corrected chi connectivity index (χ2v) is 12.7. The van der Waals surface area contributed by atoms with E-state index in [2.05, 4.69) is 10.2 Å². The van der Waals surface area contributed by atoms with Gasteiger partial charge in [-0.3, -0.25) is 4.79 Å². The molecule has 2 saturated carbocycles. The van der Waals surface area contributed by atoms with Gasteiger partial charge >= 0.3 is 0 Å². The number of benzene rings is 2. The number of aromatic nitrogens is 2. The van der Waals surface area contributed by atoms with E-state index in [9.17, 15) is 18.3 Å². The van der Waals surface area contributed by atoms with Crippen LogP contribution < -0.4 is 10.6 Å². The molecule has 2 aromatic carbocycles. The standard InChI is InChI=1S/C25H25ClN4O5S/c26-17-4-1-14(2-5-17)12-30-20-7-15(3-6-21(20)36(33,34)13-19(27)24(30)32)22-28-29-23(35-22)16-8-25(9-16)10-18(31)11-25/h1-7,16,18-19,31H,8-13,27H2/t16?,18?,19-,25?/m0/s1. The lowest BCUT2D eigenvalue weighted by atomic mass is 9.51. The first-order chi connectivity index (χ1) is 17.1. The van der Waals surface area contributed by atoms with Crippen molar-refractivity contribution in [2.45, 2.75) is 55.2 Å². The van der Waals surface area contributed by atoms with Crippen molar-refractivity contribution in [1.29, 1.82) is 0 Å². The van der Waals surface area contributed by atoms with Crippen LogP contribution in [0.3, 0.4) is 0 Å². The molecule has 36 heavy (non-hydrogen) atoms.